The minimum atomic E-state index is -0.194. The van der Waals surface area contributed by atoms with Gasteiger partial charge in [-0.25, -0.2) is 0 Å². The highest BCUT2D eigenvalue weighted by molar-refractivity contribution is 5.81. The fourth-order valence-electron chi connectivity index (χ4n) is 2.45. The van der Waals surface area contributed by atoms with Gasteiger partial charge in [0, 0.05) is 11.1 Å². The van der Waals surface area contributed by atoms with E-state index < -0.39 is 0 Å². The molecule has 0 fully saturated rings. The third kappa shape index (κ3) is 2.24. The maximum absolute atomic E-state index is 10.1. The van der Waals surface area contributed by atoms with E-state index in [2.05, 4.69) is 6.92 Å². The topological polar surface area (TPSA) is 60.7 Å². The van der Waals surface area contributed by atoms with Gasteiger partial charge in [0.1, 0.15) is 5.75 Å². The summed E-state index contributed by atoms with van der Waals surface area (Å²) in [4.78, 5) is 0. The molecule has 0 aromatic heterocycles. The molecule has 3 nitrogen and oxygen atoms in total. The maximum Gasteiger partial charge on any atom is 0.165 e. The Labute approximate surface area is 112 Å². The summed E-state index contributed by atoms with van der Waals surface area (Å²) in [5.41, 5.74) is 3.21. The summed E-state index contributed by atoms with van der Waals surface area (Å²) in [5.74, 6) is -0.253. The van der Waals surface area contributed by atoms with Gasteiger partial charge in [0.15, 0.2) is 11.5 Å². The number of phenolic OH excluding ortho intramolecular Hbond substituents is 3. The first-order valence-electron chi connectivity index (χ1n) is 6.45. The maximum atomic E-state index is 10.1. The summed E-state index contributed by atoms with van der Waals surface area (Å²) >= 11 is 0. The van der Waals surface area contributed by atoms with E-state index in [1.54, 1.807) is 18.2 Å². The van der Waals surface area contributed by atoms with Crippen molar-refractivity contribution in [2.24, 2.45) is 0 Å². The third-order valence-electron chi connectivity index (χ3n) is 3.41. The Balaban J connectivity index is 2.77. The molecule has 0 aliphatic heterocycles. The zero-order chi connectivity index (χ0) is 14.0. The Kier molecular flexibility index (Phi) is 3.65. The minimum Gasteiger partial charge on any atom is -0.507 e. The Bertz CT molecular complexity index is 603. The monoisotopic (exact) mass is 258 g/mol. The number of aryl methyl sites for hydroxylation is 1. The van der Waals surface area contributed by atoms with Crippen molar-refractivity contribution < 1.29 is 15.3 Å². The van der Waals surface area contributed by atoms with Crippen molar-refractivity contribution in [3.05, 3.63) is 41.5 Å². The molecule has 0 saturated heterocycles. The molecule has 0 amide bonds. The summed E-state index contributed by atoms with van der Waals surface area (Å²) in [5, 5.41) is 29.7. The van der Waals surface area contributed by atoms with Gasteiger partial charge in [0.25, 0.3) is 0 Å². The van der Waals surface area contributed by atoms with E-state index in [1.165, 1.54) is 6.07 Å². The second kappa shape index (κ2) is 5.22. The van der Waals surface area contributed by atoms with Crippen LogP contribution in [0.5, 0.6) is 17.2 Å². The summed E-state index contributed by atoms with van der Waals surface area (Å²) in [6, 6.07) is 8.31. The molecule has 3 heteroatoms. The van der Waals surface area contributed by atoms with Crippen LogP contribution in [0.4, 0.5) is 0 Å². The van der Waals surface area contributed by atoms with E-state index in [0.29, 0.717) is 11.1 Å². The molecular formula is C16H18O3. The van der Waals surface area contributed by atoms with Crippen LogP contribution in [0, 0.1) is 0 Å². The molecule has 0 radical (unpaired) electrons. The van der Waals surface area contributed by atoms with Gasteiger partial charge in [-0.15, -0.1) is 0 Å². The SMILES string of the molecule is CCc1ccc(O)c(-c2cccc(O)c2O)c1CC. The Morgan fingerprint density at radius 3 is 2.21 bits per heavy atom. The number of hydrogen-bond acceptors (Lipinski definition) is 3. The lowest BCUT2D eigenvalue weighted by Gasteiger charge is -2.16. The minimum absolute atomic E-state index is 0.120. The van der Waals surface area contributed by atoms with Gasteiger partial charge in [-0.3, -0.25) is 0 Å². The van der Waals surface area contributed by atoms with Crippen LogP contribution in [0.1, 0.15) is 25.0 Å². The summed E-state index contributed by atoms with van der Waals surface area (Å²) in [7, 11) is 0. The lowest BCUT2D eigenvalue weighted by molar-refractivity contribution is 0.404. The van der Waals surface area contributed by atoms with Crippen molar-refractivity contribution in [1.29, 1.82) is 0 Å². The predicted octanol–water partition coefficient (Wildman–Crippen LogP) is 3.60. The van der Waals surface area contributed by atoms with Gasteiger partial charge < -0.3 is 15.3 Å². The van der Waals surface area contributed by atoms with Gasteiger partial charge in [-0.2, -0.15) is 0 Å². The lowest BCUT2D eigenvalue weighted by Crippen LogP contribution is -1.96. The molecule has 0 atom stereocenters. The molecule has 2 aromatic rings. The first-order valence-corrected chi connectivity index (χ1v) is 6.45. The van der Waals surface area contributed by atoms with Crippen LogP contribution in [-0.2, 0) is 12.8 Å². The predicted molar refractivity (Wildman–Crippen MR) is 75.6 cm³/mol. The normalized spacial score (nSPS) is 10.6. The van der Waals surface area contributed by atoms with Crippen molar-refractivity contribution >= 4 is 0 Å². The van der Waals surface area contributed by atoms with Crippen LogP contribution in [0.3, 0.4) is 0 Å². The van der Waals surface area contributed by atoms with Crippen LogP contribution in [0.15, 0.2) is 30.3 Å². The van der Waals surface area contributed by atoms with E-state index in [4.69, 9.17) is 0 Å². The summed E-state index contributed by atoms with van der Waals surface area (Å²) < 4.78 is 0. The zero-order valence-electron chi connectivity index (χ0n) is 11.1. The lowest BCUT2D eigenvalue weighted by atomic mass is 9.91. The first-order chi connectivity index (χ1) is 9.10. The first kappa shape index (κ1) is 13.3. The largest absolute Gasteiger partial charge is 0.507 e. The Morgan fingerprint density at radius 1 is 0.842 bits per heavy atom. The molecule has 0 spiro atoms. The van der Waals surface area contributed by atoms with Crippen LogP contribution in [0.2, 0.25) is 0 Å². The fraction of sp³-hybridized carbons (Fsp3) is 0.250. The zero-order valence-corrected chi connectivity index (χ0v) is 11.1. The van der Waals surface area contributed by atoms with Gasteiger partial charge in [-0.05, 0) is 36.1 Å². The molecule has 0 bridgehead atoms. The summed E-state index contributed by atoms with van der Waals surface area (Å²) in [6.07, 6.45) is 1.61. The molecule has 19 heavy (non-hydrogen) atoms. The number of rotatable bonds is 3. The van der Waals surface area contributed by atoms with Crippen molar-refractivity contribution in [1.82, 2.24) is 0 Å². The van der Waals surface area contributed by atoms with Crippen molar-refractivity contribution in [2.75, 3.05) is 0 Å². The molecule has 0 heterocycles. The third-order valence-corrected chi connectivity index (χ3v) is 3.41. The van der Waals surface area contributed by atoms with Crippen LogP contribution in [0.25, 0.3) is 11.1 Å². The number of phenols is 3. The van der Waals surface area contributed by atoms with Gasteiger partial charge in [0.05, 0.1) is 0 Å². The van der Waals surface area contributed by atoms with Crippen molar-refractivity contribution in [3.63, 3.8) is 0 Å². The smallest absolute Gasteiger partial charge is 0.165 e. The van der Waals surface area contributed by atoms with Gasteiger partial charge >= 0.3 is 0 Å². The number of hydrogen-bond donors (Lipinski definition) is 3. The average Bonchev–Trinajstić information content (AvgIpc) is 2.42. The highest BCUT2D eigenvalue weighted by Gasteiger charge is 2.17. The molecule has 100 valence electrons. The second-order valence-electron chi connectivity index (χ2n) is 4.48. The van der Waals surface area contributed by atoms with Crippen molar-refractivity contribution in [3.8, 4) is 28.4 Å². The molecular weight excluding hydrogens is 240 g/mol. The van der Waals surface area contributed by atoms with E-state index in [-0.39, 0.29) is 17.2 Å². The quantitative estimate of drug-likeness (QED) is 0.737. The van der Waals surface area contributed by atoms with Crippen molar-refractivity contribution in [2.45, 2.75) is 26.7 Å². The summed E-state index contributed by atoms with van der Waals surface area (Å²) in [6.45, 7) is 4.06. The molecule has 0 unspecified atom stereocenters. The van der Waals surface area contributed by atoms with E-state index in [0.717, 1.165) is 24.0 Å². The van der Waals surface area contributed by atoms with Crippen LogP contribution in [-0.4, -0.2) is 15.3 Å². The molecule has 0 saturated carbocycles. The van der Waals surface area contributed by atoms with E-state index >= 15 is 0 Å². The van der Waals surface area contributed by atoms with Crippen LogP contribution >= 0.6 is 0 Å². The number of benzene rings is 2. The molecule has 2 rings (SSSR count). The second-order valence-corrected chi connectivity index (χ2v) is 4.48. The highest BCUT2D eigenvalue weighted by Crippen LogP contribution is 2.43. The molecule has 3 N–H and O–H groups in total. The Hall–Kier alpha value is -2.16. The molecule has 0 aliphatic rings. The van der Waals surface area contributed by atoms with E-state index in [9.17, 15) is 15.3 Å². The van der Waals surface area contributed by atoms with Gasteiger partial charge in [-0.1, -0.05) is 32.0 Å². The van der Waals surface area contributed by atoms with Gasteiger partial charge in [0.2, 0.25) is 0 Å². The standard InChI is InChI=1S/C16H18O3/c1-3-10-8-9-13(17)15(11(10)4-2)12-6-5-7-14(18)16(12)19/h5-9,17-19H,3-4H2,1-2H3. The Morgan fingerprint density at radius 2 is 1.58 bits per heavy atom. The highest BCUT2D eigenvalue weighted by atomic mass is 16.3. The molecule has 0 aliphatic carbocycles. The van der Waals surface area contributed by atoms with Crippen LogP contribution < -0.4 is 0 Å². The average molecular weight is 258 g/mol. The number of aromatic hydroxyl groups is 3. The molecule has 2 aromatic carbocycles. The van der Waals surface area contributed by atoms with E-state index in [1.807, 2.05) is 13.0 Å². The number of para-hydroxylation sites is 1. The fourth-order valence-corrected chi connectivity index (χ4v) is 2.45.